The summed E-state index contributed by atoms with van der Waals surface area (Å²) in [6, 6.07) is 7.98. The smallest absolute Gasteiger partial charge is 0.321 e. The van der Waals surface area contributed by atoms with Gasteiger partial charge >= 0.3 is 5.97 Å². The van der Waals surface area contributed by atoms with Gasteiger partial charge in [-0.3, -0.25) is 4.79 Å². The van der Waals surface area contributed by atoms with Gasteiger partial charge in [-0.2, -0.15) is 0 Å². The van der Waals surface area contributed by atoms with E-state index < -0.39 is 11.7 Å². The topological polar surface area (TPSA) is 44.8 Å². The van der Waals surface area contributed by atoms with Gasteiger partial charge in [0.15, 0.2) is 6.29 Å². The maximum atomic E-state index is 12.7. The Morgan fingerprint density at radius 3 is 2.65 bits per heavy atom. The van der Waals surface area contributed by atoms with Gasteiger partial charge in [0.2, 0.25) is 0 Å². The van der Waals surface area contributed by atoms with E-state index in [9.17, 15) is 4.79 Å². The fraction of sp³-hybridized carbons (Fsp3) is 0.562. The molecule has 0 aromatic heterocycles. The fourth-order valence-electron chi connectivity index (χ4n) is 3.18. The van der Waals surface area contributed by atoms with Crippen LogP contribution in [0.2, 0.25) is 0 Å². The van der Waals surface area contributed by atoms with Gasteiger partial charge in [0.1, 0.15) is 5.41 Å². The van der Waals surface area contributed by atoms with Crippen LogP contribution in [0.4, 0.5) is 0 Å². The first-order valence-electron chi connectivity index (χ1n) is 7.02. The molecule has 0 fully saturated rings. The molecule has 1 aliphatic carbocycles. The number of carbonyl (C=O) groups excluding carboxylic acids is 1. The summed E-state index contributed by atoms with van der Waals surface area (Å²) in [5.74, 6) is -0.263. The lowest BCUT2D eigenvalue weighted by atomic mass is 9.69. The van der Waals surface area contributed by atoms with E-state index in [0.717, 1.165) is 18.4 Å². The van der Waals surface area contributed by atoms with Gasteiger partial charge in [-0.05, 0) is 37.3 Å². The third kappa shape index (κ3) is 2.34. The van der Waals surface area contributed by atoms with Crippen molar-refractivity contribution in [3.63, 3.8) is 0 Å². The van der Waals surface area contributed by atoms with Crippen LogP contribution in [0, 0.1) is 0 Å². The third-order valence-electron chi connectivity index (χ3n) is 3.99. The van der Waals surface area contributed by atoms with Crippen molar-refractivity contribution in [2.45, 2.75) is 37.9 Å². The van der Waals surface area contributed by atoms with E-state index in [0.29, 0.717) is 13.0 Å². The highest BCUT2D eigenvalue weighted by atomic mass is 16.7. The number of fused-ring (bicyclic) bond motifs is 1. The molecular weight excluding hydrogens is 256 g/mol. The minimum Gasteiger partial charge on any atom is -0.465 e. The summed E-state index contributed by atoms with van der Waals surface area (Å²) in [6.07, 6.45) is 1.93. The van der Waals surface area contributed by atoms with E-state index >= 15 is 0 Å². The van der Waals surface area contributed by atoms with E-state index in [-0.39, 0.29) is 5.97 Å². The number of ether oxygens (including phenoxy) is 3. The number of aryl methyl sites for hydroxylation is 1. The molecule has 1 aromatic carbocycles. The average molecular weight is 278 g/mol. The third-order valence-corrected chi connectivity index (χ3v) is 3.99. The molecule has 1 aromatic rings. The van der Waals surface area contributed by atoms with Crippen molar-refractivity contribution in [2.24, 2.45) is 0 Å². The summed E-state index contributed by atoms with van der Waals surface area (Å²) >= 11 is 0. The Balaban J connectivity index is 2.56. The van der Waals surface area contributed by atoms with Crippen LogP contribution in [0.5, 0.6) is 0 Å². The van der Waals surface area contributed by atoms with E-state index in [4.69, 9.17) is 14.2 Å². The molecule has 0 amide bonds. The Morgan fingerprint density at radius 2 is 2.00 bits per heavy atom. The molecule has 110 valence electrons. The van der Waals surface area contributed by atoms with Crippen LogP contribution in [-0.2, 0) is 30.8 Å². The van der Waals surface area contributed by atoms with Crippen molar-refractivity contribution in [3.05, 3.63) is 35.4 Å². The molecule has 1 atom stereocenters. The van der Waals surface area contributed by atoms with Gasteiger partial charge in [-0.1, -0.05) is 24.3 Å². The number of carbonyl (C=O) groups is 1. The van der Waals surface area contributed by atoms with Crippen LogP contribution < -0.4 is 0 Å². The first-order chi connectivity index (χ1) is 9.70. The maximum absolute atomic E-state index is 12.7. The Hall–Kier alpha value is -1.39. The van der Waals surface area contributed by atoms with E-state index in [1.54, 1.807) is 14.2 Å². The Bertz CT molecular complexity index is 467. The zero-order valence-corrected chi connectivity index (χ0v) is 12.3. The largest absolute Gasteiger partial charge is 0.465 e. The van der Waals surface area contributed by atoms with Gasteiger partial charge in [-0.25, -0.2) is 0 Å². The summed E-state index contributed by atoms with van der Waals surface area (Å²) in [4.78, 5) is 12.7. The van der Waals surface area contributed by atoms with E-state index in [1.807, 2.05) is 25.1 Å². The first kappa shape index (κ1) is 15.0. The van der Waals surface area contributed by atoms with Crippen molar-refractivity contribution in [1.82, 2.24) is 0 Å². The molecule has 1 unspecified atom stereocenters. The molecule has 0 aliphatic heterocycles. The molecule has 2 rings (SSSR count). The predicted octanol–water partition coefficient (Wildman–Crippen LogP) is 2.44. The minimum atomic E-state index is -0.867. The molecular formula is C16H22O4. The molecule has 0 saturated carbocycles. The molecule has 0 heterocycles. The van der Waals surface area contributed by atoms with Crippen molar-refractivity contribution in [1.29, 1.82) is 0 Å². The summed E-state index contributed by atoms with van der Waals surface area (Å²) in [5.41, 5.74) is 1.28. The van der Waals surface area contributed by atoms with Crippen molar-refractivity contribution in [3.8, 4) is 0 Å². The molecule has 4 heteroatoms. The number of rotatable bonds is 5. The van der Waals surface area contributed by atoms with Crippen molar-refractivity contribution in [2.75, 3.05) is 20.8 Å². The zero-order valence-electron chi connectivity index (χ0n) is 12.3. The van der Waals surface area contributed by atoms with Crippen LogP contribution in [0.15, 0.2) is 24.3 Å². The molecule has 1 aliphatic rings. The van der Waals surface area contributed by atoms with Crippen LogP contribution in [0.25, 0.3) is 0 Å². The monoisotopic (exact) mass is 278 g/mol. The normalized spacial score (nSPS) is 21.6. The molecule has 0 spiro atoms. The van der Waals surface area contributed by atoms with E-state index in [1.165, 1.54) is 5.56 Å². The summed E-state index contributed by atoms with van der Waals surface area (Å²) in [5, 5.41) is 0. The maximum Gasteiger partial charge on any atom is 0.321 e. The van der Waals surface area contributed by atoms with Crippen molar-refractivity contribution < 1.29 is 19.0 Å². The van der Waals surface area contributed by atoms with Crippen LogP contribution >= 0.6 is 0 Å². The summed E-state index contributed by atoms with van der Waals surface area (Å²) in [7, 11) is 3.12. The lowest BCUT2D eigenvalue weighted by Gasteiger charge is -2.40. The van der Waals surface area contributed by atoms with Gasteiger partial charge < -0.3 is 14.2 Å². The first-order valence-corrected chi connectivity index (χ1v) is 7.02. The average Bonchev–Trinajstić information content (AvgIpc) is 2.48. The van der Waals surface area contributed by atoms with Crippen LogP contribution in [0.1, 0.15) is 30.9 Å². The lowest BCUT2D eigenvalue weighted by molar-refractivity contribution is -0.187. The minimum absolute atomic E-state index is 0.263. The van der Waals surface area contributed by atoms with Crippen LogP contribution in [-0.4, -0.2) is 33.1 Å². The van der Waals surface area contributed by atoms with Gasteiger partial charge in [-0.15, -0.1) is 0 Å². The standard InChI is InChI=1S/C16H22O4/c1-4-20-14(17)16(15(18-2)19-3)11-7-9-12-8-5-6-10-13(12)16/h5-6,8,10,15H,4,7,9,11H2,1-3H3. The molecule has 0 N–H and O–H groups in total. The summed E-state index contributed by atoms with van der Waals surface area (Å²) in [6.45, 7) is 2.16. The Kier molecular flexibility index (Phi) is 4.78. The second kappa shape index (κ2) is 6.37. The van der Waals surface area contributed by atoms with Gasteiger partial charge in [0.25, 0.3) is 0 Å². The zero-order chi connectivity index (χ0) is 14.6. The van der Waals surface area contributed by atoms with Gasteiger partial charge in [0.05, 0.1) is 6.61 Å². The van der Waals surface area contributed by atoms with Crippen molar-refractivity contribution >= 4 is 5.97 Å². The Morgan fingerprint density at radius 1 is 1.30 bits per heavy atom. The number of benzene rings is 1. The second-order valence-corrected chi connectivity index (χ2v) is 5.01. The number of esters is 1. The Labute approximate surface area is 120 Å². The number of hydrogen-bond donors (Lipinski definition) is 0. The second-order valence-electron chi connectivity index (χ2n) is 5.01. The van der Waals surface area contributed by atoms with Crippen LogP contribution in [0.3, 0.4) is 0 Å². The highest BCUT2D eigenvalue weighted by Crippen LogP contribution is 2.42. The highest BCUT2D eigenvalue weighted by molar-refractivity contribution is 5.85. The summed E-state index contributed by atoms with van der Waals surface area (Å²) < 4.78 is 16.2. The SMILES string of the molecule is CCOC(=O)C1(C(OC)OC)CCCc2ccccc21. The van der Waals surface area contributed by atoms with E-state index in [2.05, 4.69) is 6.07 Å². The number of hydrogen-bond acceptors (Lipinski definition) is 4. The molecule has 0 bridgehead atoms. The lowest BCUT2D eigenvalue weighted by Crippen LogP contribution is -2.51. The number of methoxy groups -OCH3 is 2. The molecule has 0 saturated heterocycles. The molecule has 0 radical (unpaired) electrons. The fourth-order valence-corrected chi connectivity index (χ4v) is 3.18. The van der Waals surface area contributed by atoms with Gasteiger partial charge in [0, 0.05) is 14.2 Å². The highest BCUT2D eigenvalue weighted by Gasteiger charge is 2.51. The molecule has 20 heavy (non-hydrogen) atoms. The molecule has 4 nitrogen and oxygen atoms in total. The quantitative estimate of drug-likeness (QED) is 0.613. The predicted molar refractivity (Wildman–Crippen MR) is 75.5 cm³/mol.